The van der Waals surface area contributed by atoms with Crippen molar-refractivity contribution in [1.82, 2.24) is 4.90 Å². The van der Waals surface area contributed by atoms with Crippen molar-refractivity contribution in [2.45, 2.75) is 193 Å². The van der Waals surface area contributed by atoms with Crippen LogP contribution in [0.1, 0.15) is 181 Å². The summed E-state index contributed by atoms with van der Waals surface area (Å²) in [5.41, 5.74) is 0. The van der Waals surface area contributed by atoms with E-state index in [-0.39, 0.29) is 24.1 Å². The number of carbonyl (C=O) groups is 2. The third kappa shape index (κ3) is 28.3. The molecule has 0 amide bonds. The van der Waals surface area contributed by atoms with Crippen molar-refractivity contribution >= 4 is 11.9 Å². The Morgan fingerprint density at radius 3 is 1.22 bits per heavy atom. The first kappa shape index (κ1) is 44.9. The zero-order valence-corrected chi connectivity index (χ0v) is 32.5. The molecular weight excluding hydrogens is 606 g/mol. The van der Waals surface area contributed by atoms with Gasteiger partial charge in [0.2, 0.25) is 0 Å². The smallest absolute Gasteiger partial charge is 0.306 e. The first-order valence-electron chi connectivity index (χ1n) is 20.6. The van der Waals surface area contributed by atoms with Gasteiger partial charge in [0.15, 0.2) is 0 Å². The Morgan fingerprint density at radius 1 is 0.510 bits per heavy atom. The van der Waals surface area contributed by atoms with Crippen LogP contribution in [-0.2, 0) is 19.1 Å². The highest BCUT2D eigenvalue weighted by Gasteiger charge is 2.39. The molecule has 0 aliphatic heterocycles. The number of carbonyl (C=O) groups excluding carboxylic acids is 2. The summed E-state index contributed by atoms with van der Waals surface area (Å²) in [6.45, 7) is 5.40. The number of nitrogens with zero attached hydrogens (tertiary/aromatic N) is 1. The highest BCUT2D eigenvalue weighted by atomic mass is 16.6. The maximum Gasteiger partial charge on any atom is 0.306 e. The van der Waals surface area contributed by atoms with Crippen LogP contribution in [-0.4, -0.2) is 49.7 Å². The van der Waals surface area contributed by atoms with Crippen LogP contribution in [0.5, 0.6) is 0 Å². The van der Waals surface area contributed by atoms with Gasteiger partial charge in [0.1, 0.15) is 12.2 Å². The zero-order chi connectivity index (χ0) is 35.6. The largest absolute Gasteiger partial charge is 0.458 e. The third-order valence-corrected chi connectivity index (χ3v) is 9.40. The van der Waals surface area contributed by atoms with E-state index in [1.54, 1.807) is 0 Å². The van der Waals surface area contributed by atoms with E-state index >= 15 is 0 Å². The van der Waals surface area contributed by atoms with Gasteiger partial charge in [-0.05, 0) is 110 Å². The lowest BCUT2D eigenvalue weighted by Crippen LogP contribution is -2.30. The number of rotatable bonds is 32. The highest BCUT2D eigenvalue weighted by Crippen LogP contribution is 2.32. The number of hydrogen-bond acceptors (Lipinski definition) is 5. The summed E-state index contributed by atoms with van der Waals surface area (Å²) in [7, 11) is 4.13. The fraction of sp³-hybridized carbons (Fsp3) is 0.773. The predicted octanol–water partition coefficient (Wildman–Crippen LogP) is 12.4. The summed E-state index contributed by atoms with van der Waals surface area (Å²) in [6, 6.07) is 0. The van der Waals surface area contributed by atoms with Gasteiger partial charge in [-0.1, -0.05) is 127 Å². The molecule has 0 radical (unpaired) electrons. The minimum Gasteiger partial charge on any atom is -0.458 e. The molecule has 0 saturated heterocycles. The molecule has 0 heterocycles. The summed E-state index contributed by atoms with van der Waals surface area (Å²) in [4.78, 5) is 27.6. The molecule has 0 unspecified atom stereocenters. The molecule has 3 atom stereocenters. The molecule has 0 aromatic rings. The van der Waals surface area contributed by atoms with Crippen molar-refractivity contribution in [3.8, 4) is 0 Å². The Labute approximate surface area is 303 Å². The van der Waals surface area contributed by atoms with E-state index in [9.17, 15) is 9.59 Å². The minimum absolute atomic E-state index is 0.143. The van der Waals surface area contributed by atoms with E-state index in [0.717, 1.165) is 83.6 Å². The Morgan fingerprint density at radius 2 is 0.857 bits per heavy atom. The molecule has 49 heavy (non-hydrogen) atoms. The molecule has 0 spiro atoms. The van der Waals surface area contributed by atoms with Crippen molar-refractivity contribution < 1.29 is 19.1 Å². The lowest BCUT2D eigenvalue weighted by atomic mass is 10.1. The normalized spacial score (nSPS) is 18.3. The van der Waals surface area contributed by atoms with Gasteiger partial charge in [-0.3, -0.25) is 9.59 Å². The summed E-state index contributed by atoms with van der Waals surface area (Å²) >= 11 is 0. The zero-order valence-electron chi connectivity index (χ0n) is 32.5. The molecule has 1 aliphatic carbocycles. The van der Waals surface area contributed by atoms with E-state index in [4.69, 9.17) is 9.47 Å². The quantitative estimate of drug-likeness (QED) is 0.0401. The van der Waals surface area contributed by atoms with Gasteiger partial charge in [0.25, 0.3) is 0 Å². The van der Waals surface area contributed by atoms with E-state index in [1.807, 2.05) is 0 Å². The van der Waals surface area contributed by atoms with Gasteiger partial charge in [-0.15, -0.1) is 0 Å². The number of esters is 2. The minimum atomic E-state index is -0.316. The van der Waals surface area contributed by atoms with Crippen molar-refractivity contribution in [2.24, 2.45) is 5.92 Å². The number of ether oxygens (including phenoxy) is 2. The van der Waals surface area contributed by atoms with E-state index < -0.39 is 0 Å². The molecule has 282 valence electrons. The van der Waals surface area contributed by atoms with Crippen molar-refractivity contribution in [3.63, 3.8) is 0 Å². The van der Waals surface area contributed by atoms with Gasteiger partial charge in [0, 0.05) is 19.4 Å². The molecule has 0 N–H and O–H groups in total. The first-order valence-corrected chi connectivity index (χ1v) is 20.6. The maximum absolute atomic E-state index is 12.7. The molecule has 5 nitrogen and oxygen atoms in total. The van der Waals surface area contributed by atoms with Gasteiger partial charge in [0.05, 0.1) is 0 Å². The van der Waals surface area contributed by atoms with Crippen LogP contribution in [0.15, 0.2) is 48.6 Å². The number of allylic oxidation sites excluding steroid dienone is 8. The molecule has 0 bridgehead atoms. The molecule has 1 fully saturated rings. The van der Waals surface area contributed by atoms with Crippen LogP contribution >= 0.6 is 0 Å². The molecule has 1 aliphatic rings. The predicted molar refractivity (Wildman–Crippen MR) is 210 cm³/mol. The van der Waals surface area contributed by atoms with E-state index in [0.29, 0.717) is 18.8 Å². The average Bonchev–Trinajstić information content (AvgIpc) is 3.43. The van der Waals surface area contributed by atoms with Crippen LogP contribution < -0.4 is 0 Å². The standard InChI is InChI=1S/C44H77NO4/c1-5-7-9-11-13-15-17-19-21-23-25-27-29-31-33-35-43(46)48-41-37-40(39-45(3)4)38-42(41)49-44(47)36-34-32-30-28-26-24-22-20-18-16-14-12-10-8-6-2/h13-16,19-22,40-42H,5-12,17-18,23-39H2,1-4H3/b15-13-,16-14-,21-19-,22-20-/t40-,41+,42-. The van der Waals surface area contributed by atoms with Gasteiger partial charge < -0.3 is 14.4 Å². The first-order chi connectivity index (χ1) is 24.0. The SMILES string of the molecule is CCCCC/C=C\C/C=C\CCCCCCCC(=O)O[C@H]1C[C@@H](CN(C)C)C[C@H]1OC(=O)CCCCCCC/C=C\C/C=C\CCCCC. The topological polar surface area (TPSA) is 55.8 Å². The Balaban J connectivity index is 2.18. The second-order valence-corrected chi connectivity index (χ2v) is 14.6. The summed E-state index contributed by atoms with van der Waals surface area (Å²) < 4.78 is 11.9. The average molecular weight is 684 g/mol. The van der Waals surface area contributed by atoms with Crippen LogP contribution in [0.25, 0.3) is 0 Å². The second-order valence-electron chi connectivity index (χ2n) is 14.6. The Kier molecular flexibility index (Phi) is 30.3. The number of unbranched alkanes of at least 4 members (excludes halogenated alkanes) is 16. The van der Waals surface area contributed by atoms with Crippen LogP contribution in [0.2, 0.25) is 0 Å². The highest BCUT2D eigenvalue weighted by molar-refractivity contribution is 5.70. The fourth-order valence-corrected chi connectivity index (χ4v) is 6.59. The number of hydrogen-bond donors (Lipinski definition) is 0. The van der Waals surface area contributed by atoms with Crippen LogP contribution in [0.3, 0.4) is 0 Å². The molecule has 0 aromatic carbocycles. The molecular formula is C44H77NO4. The molecule has 0 aromatic heterocycles. The van der Waals surface area contributed by atoms with Crippen LogP contribution in [0.4, 0.5) is 0 Å². The second kappa shape index (κ2) is 33.0. The van der Waals surface area contributed by atoms with E-state index in [2.05, 4.69) is 81.5 Å². The van der Waals surface area contributed by atoms with Crippen molar-refractivity contribution in [2.75, 3.05) is 20.6 Å². The van der Waals surface area contributed by atoms with E-state index in [1.165, 1.54) is 77.0 Å². The fourth-order valence-electron chi connectivity index (χ4n) is 6.59. The van der Waals surface area contributed by atoms with Gasteiger partial charge in [-0.25, -0.2) is 0 Å². The lowest BCUT2D eigenvalue weighted by Gasteiger charge is -2.20. The Bertz CT molecular complexity index is 837. The molecule has 1 rings (SSSR count). The summed E-state index contributed by atoms with van der Waals surface area (Å²) in [5, 5.41) is 0. The van der Waals surface area contributed by atoms with Crippen molar-refractivity contribution in [1.29, 1.82) is 0 Å². The van der Waals surface area contributed by atoms with Crippen LogP contribution in [0, 0.1) is 5.92 Å². The van der Waals surface area contributed by atoms with Gasteiger partial charge >= 0.3 is 11.9 Å². The molecule has 1 saturated carbocycles. The monoisotopic (exact) mass is 684 g/mol. The lowest BCUT2D eigenvalue weighted by molar-refractivity contribution is -0.165. The van der Waals surface area contributed by atoms with Crippen molar-refractivity contribution in [3.05, 3.63) is 48.6 Å². The summed E-state index contributed by atoms with van der Waals surface area (Å²) in [5.74, 6) is 0.0873. The third-order valence-electron chi connectivity index (χ3n) is 9.40. The Hall–Kier alpha value is -2.14. The maximum atomic E-state index is 12.7. The molecule has 5 heteroatoms. The van der Waals surface area contributed by atoms with Gasteiger partial charge in [-0.2, -0.15) is 0 Å². The summed E-state index contributed by atoms with van der Waals surface area (Å²) in [6.07, 6.45) is 45.7.